The fraction of sp³-hybridized carbons (Fsp3) is 0.375. The second-order valence-electron chi connectivity index (χ2n) is 5.61. The number of halogens is 1. The molecule has 0 unspecified atom stereocenters. The average Bonchev–Trinajstić information content (AvgIpc) is 3.13. The Balaban J connectivity index is 0. The van der Waals surface area contributed by atoms with Crippen molar-refractivity contribution >= 4 is 33.8 Å². The van der Waals surface area contributed by atoms with Crippen LogP contribution in [-0.2, 0) is 4.79 Å². The zero-order chi connectivity index (χ0) is 23.5. The molecule has 0 atom stereocenters. The van der Waals surface area contributed by atoms with Gasteiger partial charge in [0.1, 0.15) is 0 Å². The first-order valence-electron chi connectivity index (χ1n) is 9.99. The maximum atomic E-state index is 12.1. The van der Waals surface area contributed by atoms with Crippen molar-refractivity contribution in [2.75, 3.05) is 26.7 Å². The van der Waals surface area contributed by atoms with Crippen LogP contribution in [0.4, 0.5) is 0 Å². The lowest BCUT2D eigenvalue weighted by atomic mass is 10.0. The van der Waals surface area contributed by atoms with Gasteiger partial charge in [0.15, 0.2) is 0 Å². The van der Waals surface area contributed by atoms with E-state index in [1.807, 2.05) is 53.0 Å². The number of allylic oxidation sites excluding steroid dienone is 6. The molecule has 30 heavy (non-hydrogen) atoms. The van der Waals surface area contributed by atoms with E-state index in [4.69, 9.17) is 0 Å². The number of nitrogens with zero attached hydrogens (tertiary/aromatic N) is 4. The van der Waals surface area contributed by atoms with E-state index in [1.165, 1.54) is 5.01 Å². The summed E-state index contributed by atoms with van der Waals surface area (Å²) in [6.07, 6.45) is 11.4. The third-order valence-electron chi connectivity index (χ3n) is 3.77. The lowest BCUT2D eigenvalue weighted by molar-refractivity contribution is -0.128. The van der Waals surface area contributed by atoms with Crippen LogP contribution < -0.4 is 0 Å². The van der Waals surface area contributed by atoms with Crippen molar-refractivity contribution in [1.82, 2.24) is 9.91 Å². The lowest BCUT2D eigenvalue weighted by Crippen LogP contribution is -2.24. The van der Waals surface area contributed by atoms with E-state index >= 15 is 0 Å². The Morgan fingerprint density at radius 2 is 1.90 bits per heavy atom. The summed E-state index contributed by atoms with van der Waals surface area (Å²) < 4.78 is 0.956. The summed E-state index contributed by atoms with van der Waals surface area (Å²) in [5.41, 5.74) is 2.67. The van der Waals surface area contributed by atoms with Crippen LogP contribution in [0.3, 0.4) is 0 Å². The average molecular weight is 477 g/mol. The van der Waals surface area contributed by atoms with Crippen LogP contribution in [-0.4, -0.2) is 54.4 Å². The minimum atomic E-state index is -0.0133. The van der Waals surface area contributed by atoms with E-state index in [1.54, 1.807) is 18.4 Å². The molecule has 1 heterocycles. The van der Waals surface area contributed by atoms with Crippen LogP contribution in [0.15, 0.2) is 82.5 Å². The normalized spacial score (nSPS) is 14.5. The smallest absolute Gasteiger partial charge is 0.249 e. The highest BCUT2D eigenvalue weighted by Crippen LogP contribution is 2.22. The lowest BCUT2D eigenvalue weighted by Gasteiger charge is -2.24. The molecule has 0 saturated carbocycles. The molecule has 0 aliphatic carbocycles. The molecule has 1 aliphatic heterocycles. The molecule has 0 radical (unpaired) electrons. The van der Waals surface area contributed by atoms with Gasteiger partial charge in [0.25, 0.3) is 0 Å². The maximum absolute atomic E-state index is 12.1. The van der Waals surface area contributed by atoms with E-state index in [2.05, 4.69) is 57.2 Å². The Labute approximate surface area is 191 Å². The van der Waals surface area contributed by atoms with Gasteiger partial charge < -0.3 is 4.90 Å². The van der Waals surface area contributed by atoms with E-state index in [9.17, 15) is 4.79 Å². The highest BCUT2D eigenvalue weighted by Gasteiger charge is 2.27. The number of carbonyl (C=O) groups excluding carboxylic acids is 1. The molecule has 1 aliphatic rings. The van der Waals surface area contributed by atoms with Gasteiger partial charge in [-0.15, -0.1) is 19.7 Å². The molecule has 1 amide bonds. The van der Waals surface area contributed by atoms with Crippen LogP contribution >= 0.6 is 15.9 Å². The minimum Gasteiger partial charge on any atom is -0.372 e. The summed E-state index contributed by atoms with van der Waals surface area (Å²) in [7, 11) is 2.00. The van der Waals surface area contributed by atoms with Gasteiger partial charge in [-0.1, -0.05) is 44.7 Å². The van der Waals surface area contributed by atoms with Crippen molar-refractivity contribution in [2.45, 2.75) is 34.1 Å². The number of rotatable bonds is 10. The molecule has 166 valence electrons. The molecule has 0 spiro atoms. The predicted octanol–water partition coefficient (Wildman–Crippen LogP) is 5.91. The first-order valence-corrected chi connectivity index (χ1v) is 10.8. The third-order valence-corrected chi connectivity index (χ3v) is 4.43. The first kappa shape index (κ1) is 29.7. The molecule has 6 heteroatoms. The van der Waals surface area contributed by atoms with Gasteiger partial charge >= 0.3 is 0 Å². The molecule has 0 fully saturated rings. The summed E-state index contributed by atoms with van der Waals surface area (Å²) >= 11 is 3.41. The molecule has 0 aromatic heterocycles. The highest BCUT2D eigenvalue weighted by atomic mass is 79.9. The predicted molar refractivity (Wildman–Crippen MR) is 137 cm³/mol. The number of hydrazone groups is 1. The Hall–Kier alpha value is -2.47. The molecular formula is C24H37BrN4O. The first-order chi connectivity index (χ1) is 14.5. The second kappa shape index (κ2) is 18.6. The standard InChI is InChI=1S/C20H27BrN4O.C2H6.C2H4/c1-6-10-19(24(5)13-11-22-15-16(21)8-3)17(9-4)18-14-20(26)25(23-18)12-7-2;2*1-2/h6-10,15H,1-2,11-14H2,3-5H3;1-2H3;1-2H2/b16-8+,17-9-,19-10+,22-15?;;. The van der Waals surface area contributed by atoms with Crippen molar-refractivity contribution in [1.29, 1.82) is 0 Å². The minimum absolute atomic E-state index is 0.0133. The van der Waals surface area contributed by atoms with Crippen molar-refractivity contribution in [2.24, 2.45) is 10.1 Å². The van der Waals surface area contributed by atoms with Crippen molar-refractivity contribution in [3.05, 3.63) is 72.4 Å². The maximum Gasteiger partial charge on any atom is 0.249 e. The molecule has 0 saturated heterocycles. The number of aliphatic imine (C=N–C) groups is 1. The van der Waals surface area contributed by atoms with Crippen LogP contribution in [0.2, 0.25) is 0 Å². The molecule has 0 N–H and O–H groups in total. The topological polar surface area (TPSA) is 48.3 Å². The van der Waals surface area contributed by atoms with Gasteiger partial charge in [0.2, 0.25) is 5.91 Å². The van der Waals surface area contributed by atoms with E-state index in [0.717, 1.165) is 28.0 Å². The quantitative estimate of drug-likeness (QED) is 0.223. The molecule has 5 nitrogen and oxygen atoms in total. The number of carbonyl (C=O) groups is 1. The SMILES string of the molecule is C=C.C=C/C=C(\C(=C/C)C1=NN(CC=C)C(=O)C1)N(C)CCN=C/C(Br)=C\C.CC. The number of amides is 1. The molecule has 0 aromatic carbocycles. The fourth-order valence-corrected chi connectivity index (χ4v) is 2.58. The van der Waals surface area contributed by atoms with Crippen LogP contribution in [0.1, 0.15) is 34.1 Å². The van der Waals surface area contributed by atoms with E-state index in [-0.39, 0.29) is 5.91 Å². The van der Waals surface area contributed by atoms with Crippen LogP contribution in [0.5, 0.6) is 0 Å². The van der Waals surface area contributed by atoms with Gasteiger partial charge in [-0.2, -0.15) is 5.10 Å². The number of likely N-dealkylation sites (N-methyl/N-ethyl adjacent to an activating group) is 1. The van der Waals surface area contributed by atoms with E-state index in [0.29, 0.717) is 19.5 Å². The van der Waals surface area contributed by atoms with Crippen LogP contribution in [0.25, 0.3) is 0 Å². The summed E-state index contributed by atoms with van der Waals surface area (Å²) in [4.78, 5) is 18.6. The van der Waals surface area contributed by atoms with Gasteiger partial charge in [-0.05, 0) is 35.9 Å². The van der Waals surface area contributed by atoms with Crippen molar-refractivity contribution in [3.63, 3.8) is 0 Å². The van der Waals surface area contributed by atoms with Gasteiger partial charge in [0, 0.05) is 35.6 Å². The largest absolute Gasteiger partial charge is 0.372 e. The number of hydrogen-bond acceptors (Lipinski definition) is 4. The fourth-order valence-electron chi connectivity index (χ4n) is 2.44. The van der Waals surface area contributed by atoms with Crippen molar-refractivity contribution in [3.8, 4) is 0 Å². The Kier molecular flexibility index (Phi) is 18.4. The van der Waals surface area contributed by atoms with E-state index < -0.39 is 0 Å². The summed E-state index contributed by atoms with van der Waals surface area (Å²) in [6, 6.07) is 0. The third kappa shape index (κ3) is 10.3. The Morgan fingerprint density at radius 3 is 2.40 bits per heavy atom. The zero-order valence-corrected chi connectivity index (χ0v) is 20.8. The molecular weight excluding hydrogens is 440 g/mol. The summed E-state index contributed by atoms with van der Waals surface area (Å²) in [6.45, 7) is 23.2. The summed E-state index contributed by atoms with van der Waals surface area (Å²) in [5.74, 6) is -0.0133. The highest BCUT2D eigenvalue weighted by molar-refractivity contribution is 9.12. The second-order valence-corrected chi connectivity index (χ2v) is 6.52. The monoisotopic (exact) mass is 476 g/mol. The Morgan fingerprint density at radius 1 is 1.27 bits per heavy atom. The molecule has 0 bridgehead atoms. The van der Waals surface area contributed by atoms with Crippen LogP contribution in [0, 0.1) is 0 Å². The molecule has 0 aromatic rings. The summed E-state index contributed by atoms with van der Waals surface area (Å²) in [5, 5.41) is 5.92. The van der Waals surface area contributed by atoms with Gasteiger partial charge in [-0.25, -0.2) is 5.01 Å². The van der Waals surface area contributed by atoms with Gasteiger partial charge in [0.05, 0.1) is 25.2 Å². The van der Waals surface area contributed by atoms with Gasteiger partial charge in [-0.3, -0.25) is 9.79 Å². The Bertz CT molecular complexity index is 702. The van der Waals surface area contributed by atoms with Crippen molar-refractivity contribution < 1.29 is 4.79 Å². The number of hydrogen-bond donors (Lipinski definition) is 0. The molecule has 1 rings (SSSR count). The zero-order valence-electron chi connectivity index (χ0n) is 19.2.